The van der Waals surface area contributed by atoms with E-state index in [-0.39, 0.29) is 5.91 Å². The van der Waals surface area contributed by atoms with E-state index in [1.165, 1.54) is 10.9 Å². The van der Waals surface area contributed by atoms with Gasteiger partial charge in [0.1, 0.15) is 0 Å². The molecule has 1 fully saturated rings. The molecule has 3 rings (SSSR count). The van der Waals surface area contributed by atoms with Gasteiger partial charge in [0.05, 0.1) is 11.6 Å². The van der Waals surface area contributed by atoms with Crippen molar-refractivity contribution in [1.82, 2.24) is 14.7 Å². The molecule has 4 heteroatoms. The summed E-state index contributed by atoms with van der Waals surface area (Å²) in [4.78, 5) is 13.0. The van der Waals surface area contributed by atoms with Crippen LogP contribution in [0.3, 0.4) is 0 Å². The molecule has 0 spiro atoms. The minimum absolute atomic E-state index is 0.148. The Hall–Kier alpha value is -1.84. The number of amides is 1. The second-order valence-electron chi connectivity index (χ2n) is 5.66. The van der Waals surface area contributed by atoms with E-state index in [0.29, 0.717) is 12.0 Å². The Balaban J connectivity index is 1.85. The lowest BCUT2D eigenvalue weighted by molar-refractivity contribution is -0.134. The van der Waals surface area contributed by atoms with Gasteiger partial charge in [0, 0.05) is 31.6 Å². The molecule has 1 aromatic heterocycles. The molecule has 1 aliphatic rings. The van der Waals surface area contributed by atoms with E-state index >= 15 is 0 Å². The van der Waals surface area contributed by atoms with Crippen LogP contribution in [-0.2, 0) is 4.79 Å². The quantitative estimate of drug-likeness (QED) is 0.829. The zero-order valence-electron chi connectivity index (χ0n) is 11.6. The molecule has 2 aromatic rings. The van der Waals surface area contributed by atoms with E-state index < -0.39 is 0 Å². The van der Waals surface area contributed by atoms with Crippen LogP contribution in [0.4, 0.5) is 0 Å². The Morgan fingerprint density at radius 3 is 2.74 bits per heavy atom. The second-order valence-corrected chi connectivity index (χ2v) is 5.66. The van der Waals surface area contributed by atoms with Crippen LogP contribution in [0.5, 0.6) is 0 Å². The Kier molecular flexibility index (Phi) is 2.81. The number of carbonyl (C=O) groups excluding carboxylic acids is 1. The Labute approximate surface area is 113 Å². The molecule has 1 amide bonds. The summed E-state index contributed by atoms with van der Waals surface area (Å²) in [5.41, 5.74) is 2.36. The van der Waals surface area contributed by atoms with Crippen LogP contribution in [0, 0.1) is 0 Å². The average molecular weight is 257 g/mol. The molecule has 1 aliphatic heterocycles. The van der Waals surface area contributed by atoms with E-state index in [9.17, 15) is 4.79 Å². The van der Waals surface area contributed by atoms with Crippen molar-refractivity contribution >= 4 is 16.8 Å². The largest absolute Gasteiger partial charge is 0.339 e. The van der Waals surface area contributed by atoms with Gasteiger partial charge in [-0.05, 0) is 17.5 Å². The monoisotopic (exact) mass is 257 g/mol. The molecule has 4 nitrogen and oxygen atoms in total. The average Bonchev–Trinajstić information content (AvgIpc) is 2.67. The second kappa shape index (κ2) is 4.37. The predicted molar refractivity (Wildman–Crippen MR) is 75.1 cm³/mol. The first-order chi connectivity index (χ1) is 9.04. The fourth-order valence-corrected chi connectivity index (χ4v) is 2.48. The minimum Gasteiger partial charge on any atom is -0.339 e. The number of likely N-dealkylation sites (tertiary alicyclic amines) is 1. The maximum Gasteiger partial charge on any atom is 0.219 e. The first-order valence-corrected chi connectivity index (χ1v) is 6.79. The van der Waals surface area contributed by atoms with Gasteiger partial charge in [-0.25, -0.2) is 0 Å². The number of rotatable bonds is 2. The van der Waals surface area contributed by atoms with E-state index in [1.807, 2.05) is 9.58 Å². The third-order valence-electron chi connectivity index (χ3n) is 3.90. The van der Waals surface area contributed by atoms with E-state index in [2.05, 4.69) is 43.3 Å². The maximum absolute atomic E-state index is 11.2. The molecule has 0 aliphatic carbocycles. The van der Waals surface area contributed by atoms with Crippen molar-refractivity contribution in [2.45, 2.75) is 32.7 Å². The molecule has 0 atom stereocenters. The SMILES string of the molecule is CC(=O)N1CC(n2cc3ccc(C(C)C)cc3n2)C1. The molecule has 1 saturated heterocycles. The zero-order chi connectivity index (χ0) is 13.6. The van der Waals surface area contributed by atoms with Gasteiger partial charge in [-0.15, -0.1) is 0 Å². The Morgan fingerprint density at radius 1 is 1.37 bits per heavy atom. The van der Waals surface area contributed by atoms with Crippen molar-refractivity contribution in [3.05, 3.63) is 30.0 Å². The number of nitrogens with zero attached hydrogens (tertiary/aromatic N) is 3. The summed E-state index contributed by atoms with van der Waals surface area (Å²) in [5.74, 6) is 0.668. The first kappa shape index (κ1) is 12.2. The third kappa shape index (κ3) is 2.11. The molecule has 0 bridgehead atoms. The molecular weight excluding hydrogens is 238 g/mol. The van der Waals surface area contributed by atoms with Crippen LogP contribution in [0.1, 0.15) is 38.3 Å². The van der Waals surface area contributed by atoms with Gasteiger partial charge in [0.15, 0.2) is 0 Å². The van der Waals surface area contributed by atoms with Crippen molar-refractivity contribution in [3.63, 3.8) is 0 Å². The summed E-state index contributed by atoms with van der Waals surface area (Å²) in [6.45, 7) is 7.55. The van der Waals surface area contributed by atoms with Gasteiger partial charge in [-0.1, -0.05) is 26.0 Å². The van der Waals surface area contributed by atoms with Gasteiger partial charge in [0.25, 0.3) is 0 Å². The lowest BCUT2D eigenvalue weighted by Crippen LogP contribution is -2.49. The normalized spacial score (nSPS) is 16.1. The molecular formula is C15H19N3O. The Morgan fingerprint density at radius 2 is 2.11 bits per heavy atom. The molecule has 1 aromatic carbocycles. The van der Waals surface area contributed by atoms with E-state index in [1.54, 1.807) is 6.92 Å². The molecule has 0 radical (unpaired) electrons. The Bertz CT molecular complexity index is 623. The number of hydrogen-bond acceptors (Lipinski definition) is 2. The number of benzene rings is 1. The number of hydrogen-bond donors (Lipinski definition) is 0. The molecule has 0 unspecified atom stereocenters. The van der Waals surface area contributed by atoms with Gasteiger partial charge in [-0.2, -0.15) is 5.10 Å². The summed E-state index contributed by atoms with van der Waals surface area (Å²) in [5, 5.41) is 5.82. The van der Waals surface area contributed by atoms with E-state index in [4.69, 9.17) is 0 Å². The van der Waals surface area contributed by atoms with Crippen molar-refractivity contribution < 1.29 is 4.79 Å². The van der Waals surface area contributed by atoms with Crippen LogP contribution in [0.2, 0.25) is 0 Å². The first-order valence-electron chi connectivity index (χ1n) is 6.79. The summed E-state index contributed by atoms with van der Waals surface area (Å²) < 4.78 is 2.01. The number of fused-ring (bicyclic) bond motifs is 1. The standard InChI is InChI=1S/C15H19N3O/c1-10(2)12-4-5-13-7-18(16-15(13)6-12)14-8-17(9-14)11(3)19/h4-7,10,14H,8-9H2,1-3H3. The van der Waals surface area contributed by atoms with Crippen molar-refractivity contribution in [1.29, 1.82) is 0 Å². The fraction of sp³-hybridized carbons (Fsp3) is 0.467. The molecule has 100 valence electrons. The summed E-state index contributed by atoms with van der Waals surface area (Å²) >= 11 is 0. The minimum atomic E-state index is 0.148. The molecule has 2 heterocycles. The zero-order valence-corrected chi connectivity index (χ0v) is 11.6. The molecule has 0 saturated carbocycles. The topological polar surface area (TPSA) is 38.1 Å². The van der Waals surface area contributed by atoms with Crippen LogP contribution < -0.4 is 0 Å². The summed E-state index contributed by atoms with van der Waals surface area (Å²) in [7, 11) is 0. The van der Waals surface area contributed by atoms with Crippen molar-refractivity contribution in [2.24, 2.45) is 0 Å². The highest BCUT2D eigenvalue weighted by Gasteiger charge is 2.30. The summed E-state index contributed by atoms with van der Waals surface area (Å²) in [6.07, 6.45) is 2.08. The van der Waals surface area contributed by atoms with Crippen LogP contribution in [0.25, 0.3) is 10.9 Å². The number of aromatic nitrogens is 2. The van der Waals surface area contributed by atoms with Gasteiger partial charge >= 0.3 is 0 Å². The highest BCUT2D eigenvalue weighted by atomic mass is 16.2. The van der Waals surface area contributed by atoms with Crippen LogP contribution in [0.15, 0.2) is 24.4 Å². The highest BCUT2D eigenvalue weighted by molar-refractivity contribution is 5.79. The van der Waals surface area contributed by atoms with Gasteiger partial charge < -0.3 is 4.90 Å². The summed E-state index contributed by atoms with van der Waals surface area (Å²) in [6, 6.07) is 6.80. The smallest absolute Gasteiger partial charge is 0.219 e. The lowest BCUT2D eigenvalue weighted by atomic mass is 10.0. The molecule has 0 N–H and O–H groups in total. The maximum atomic E-state index is 11.2. The molecule has 19 heavy (non-hydrogen) atoms. The van der Waals surface area contributed by atoms with Crippen molar-refractivity contribution in [3.8, 4) is 0 Å². The van der Waals surface area contributed by atoms with Gasteiger partial charge in [-0.3, -0.25) is 9.48 Å². The van der Waals surface area contributed by atoms with Crippen LogP contribution >= 0.6 is 0 Å². The van der Waals surface area contributed by atoms with Crippen LogP contribution in [-0.4, -0.2) is 33.7 Å². The third-order valence-corrected chi connectivity index (χ3v) is 3.90. The van der Waals surface area contributed by atoms with Gasteiger partial charge in [0.2, 0.25) is 5.91 Å². The number of carbonyl (C=O) groups is 1. The fourth-order valence-electron chi connectivity index (χ4n) is 2.48. The predicted octanol–water partition coefficient (Wildman–Crippen LogP) is 2.56. The van der Waals surface area contributed by atoms with Crippen molar-refractivity contribution in [2.75, 3.05) is 13.1 Å². The highest BCUT2D eigenvalue weighted by Crippen LogP contribution is 2.25. The lowest BCUT2D eigenvalue weighted by Gasteiger charge is -2.38. The van der Waals surface area contributed by atoms with E-state index in [0.717, 1.165) is 18.6 Å².